The lowest BCUT2D eigenvalue weighted by Gasteiger charge is -2.03. The summed E-state index contributed by atoms with van der Waals surface area (Å²) < 4.78 is 5.08. The van der Waals surface area contributed by atoms with Gasteiger partial charge in [0.15, 0.2) is 0 Å². The van der Waals surface area contributed by atoms with E-state index in [0.717, 1.165) is 20.4 Å². The average molecular weight is 339 g/mol. The fourth-order valence-corrected chi connectivity index (χ4v) is 3.79. The Hall–Kier alpha value is -1.07. The van der Waals surface area contributed by atoms with E-state index in [1.54, 1.807) is 17.8 Å². The first-order valence-electron chi connectivity index (χ1n) is 5.75. The molecule has 0 saturated carbocycles. The monoisotopic (exact) mass is 338 g/mol. The zero-order chi connectivity index (χ0) is 13.9. The van der Waals surface area contributed by atoms with E-state index in [2.05, 4.69) is 9.59 Å². The minimum Gasteiger partial charge on any atom is -0.137 e. The highest BCUT2D eigenvalue weighted by molar-refractivity contribution is 8.01. The van der Waals surface area contributed by atoms with Crippen molar-refractivity contribution in [3.63, 3.8) is 0 Å². The summed E-state index contributed by atoms with van der Waals surface area (Å²) in [6, 6.07) is 15.6. The summed E-state index contributed by atoms with van der Waals surface area (Å²) in [6.07, 6.45) is 0. The Morgan fingerprint density at radius 1 is 0.950 bits per heavy atom. The van der Waals surface area contributed by atoms with E-state index >= 15 is 0 Å². The molecule has 2 aromatic carbocycles. The molecule has 2 nitrogen and oxygen atoms in total. The van der Waals surface area contributed by atoms with Crippen LogP contribution in [0.25, 0.3) is 11.3 Å². The lowest BCUT2D eigenvalue weighted by atomic mass is 10.2. The van der Waals surface area contributed by atoms with Crippen molar-refractivity contribution >= 4 is 46.5 Å². The maximum absolute atomic E-state index is 6.04. The quantitative estimate of drug-likeness (QED) is 0.615. The topological polar surface area (TPSA) is 25.8 Å². The molecule has 0 saturated heterocycles. The van der Waals surface area contributed by atoms with E-state index in [1.807, 2.05) is 42.5 Å². The molecule has 0 aliphatic heterocycles. The minimum absolute atomic E-state index is 0.551. The molecule has 1 aromatic heterocycles. The van der Waals surface area contributed by atoms with Gasteiger partial charge in [-0.2, -0.15) is 0 Å². The Bertz CT molecular complexity index is 729. The van der Waals surface area contributed by atoms with E-state index in [4.69, 9.17) is 23.2 Å². The highest BCUT2D eigenvalue weighted by Crippen LogP contribution is 2.38. The largest absolute Gasteiger partial charge is 0.137 e. The smallest absolute Gasteiger partial charge is 0.119 e. The summed E-state index contributed by atoms with van der Waals surface area (Å²) in [7, 11) is 0. The molecule has 0 spiro atoms. The van der Waals surface area contributed by atoms with E-state index in [0.29, 0.717) is 10.0 Å². The number of halogens is 2. The van der Waals surface area contributed by atoms with Crippen LogP contribution >= 0.6 is 46.5 Å². The van der Waals surface area contributed by atoms with Gasteiger partial charge in [-0.1, -0.05) is 69.8 Å². The summed E-state index contributed by atoms with van der Waals surface area (Å²) in [5, 5.41) is 5.32. The van der Waals surface area contributed by atoms with Gasteiger partial charge in [0.2, 0.25) is 0 Å². The van der Waals surface area contributed by atoms with Crippen LogP contribution in [0, 0.1) is 0 Å². The van der Waals surface area contributed by atoms with Crippen LogP contribution in [-0.4, -0.2) is 9.59 Å². The van der Waals surface area contributed by atoms with Crippen molar-refractivity contribution in [1.82, 2.24) is 9.59 Å². The standard InChI is InChI=1S/C14H8Cl2N2S2/c15-11-7-6-10(8-12(11)16)19-14-13(17-18-20-14)9-4-2-1-3-5-9/h1-8H. The van der Waals surface area contributed by atoms with Gasteiger partial charge in [0.25, 0.3) is 0 Å². The Balaban J connectivity index is 1.92. The Labute approximate surface area is 134 Å². The van der Waals surface area contributed by atoms with E-state index < -0.39 is 0 Å². The molecule has 20 heavy (non-hydrogen) atoms. The molecule has 6 heteroatoms. The second kappa shape index (κ2) is 6.14. The van der Waals surface area contributed by atoms with Crippen molar-refractivity contribution in [3.05, 3.63) is 58.6 Å². The normalized spacial score (nSPS) is 10.7. The molecule has 0 aliphatic rings. The molecular weight excluding hydrogens is 331 g/mol. The van der Waals surface area contributed by atoms with E-state index in [-0.39, 0.29) is 0 Å². The van der Waals surface area contributed by atoms with Crippen LogP contribution in [0.15, 0.2) is 57.6 Å². The second-order valence-electron chi connectivity index (χ2n) is 3.95. The van der Waals surface area contributed by atoms with Crippen LogP contribution in [0.5, 0.6) is 0 Å². The number of nitrogens with zero attached hydrogens (tertiary/aromatic N) is 2. The first-order chi connectivity index (χ1) is 9.74. The number of rotatable bonds is 3. The van der Waals surface area contributed by atoms with Crippen molar-refractivity contribution in [2.24, 2.45) is 0 Å². The van der Waals surface area contributed by atoms with Gasteiger partial charge in [-0.25, -0.2) is 0 Å². The van der Waals surface area contributed by atoms with Crippen LogP contribution in [0.4, 0.5) is 0 Å². The predicted octanol–water partition coefficient (Wildman–Crippen LogP) is 5.66. The van der Waals surface area contributed by atoms with Crippen LogP contribution in [-0.2, 0) is 0 Å². The van der Waals surface area contributed by atoms with Crippen molar-refractivity contribution in [2.75, 3.05) is 0 Å². The summed E-state index contributed by atoms with van der Waals surface area (Å²) >= 11 is 14.9. The highest BCUT2D eigenvalue weighted by Gasteiger charge is 2.12. The van der Waals surface area contributed by atoms with Crippen molar-refractivity contribution in [2.45, 2.75) is 9.10 Å². The lowest BCUT2D eigenvalue weighted by molar-refractivity contribution is 1.15. The van der Waals surface area contributed by atoms with Gasteiger partial charge in [-0.15, -0.1) is 5.10 Å². The third kappa shape index (κ3) is 2.99. The SMILES string of the molecule is Clc1ccc(Sc2snnc2-c2ccccc2)cc1Cl. The summed E-state index contributed by atoms with van der Waals surface area (Å²) in [4.78, 5) is 1.02. The summed E-state index contributed by atoms with van der Waals surface area (Å²) in [5.74, 6) is 0. The van der Waals surface area contributed by atoms with Crippen molar-refractivity contribution in [1.29, 1.82) is 0 Å². The Morgan fingerprint density at radius 3 is 2.50 bits per heavy atom. The zero-order valence-corrected chi connectivity index (χ0v) is 13.2. The molecule has 3 aromatic rings. The van der Waals surface area contributed by atoms with Crippen molar-refractivity contribution < 1.29 is 0 Å². The molecule has 0 fully saturated rings. The van der Waals surface area contributed by atoms with Gasteiger partial charge in [0, 0.05) is 10.5 Å². The molecule has 100 valence electrons. The van der Waals surface area contributed by atoms with Gasteiger partial charge in [0.1, 0.15) is 9.90 Å². The molecule has 0 atom stereocenters. The van der Waals surface area contributed by atoms with Crippen LogP contribution in [0.1, 0.15) is 0 Å². The second-order valence-corrected chi connectivity index (χ2v) is 6.86. The Kier molecular flexibility index (Phi) is 4.27. The van der Waals surface area contributed by atoms with Gasteiger partial charge in [-0.3, -0.25) is 0 Å². The van der Waals surface area contributed by atoms with Crippen LogP contribution < -0.4 is 0 Å². The molecule has 0 aliphatic carbocycles. The van der Waals surface area contributed by atoms with Crippen LogP contribution in [0.2, 0.25) is 10.0 Å². The first kappa shape index (κ1) is 13.9. The van der Waals surface area contributed by atoms with Crippen molar-refractivity contribution in [3.8, 4) is 11.3 Å². The van der Waals surface area contributed by atoms with Gasteiger partial charge >= 0.3 is 0 Å². The molecule has 0 amide bonds. The van der Waals surface area contributed by atoms with Crippen LogP contribution in [0.3, 0.4) is 0 Å². The molecular formula is C14H8Cl2N2S2. The zero-order valence-electron chi connectivity index (χ0n) is 10.1. The lowest BCUT2D eigenvalue weighted by Crippen LogP contribution is -1.80. The average Bonchev–Trinajstić information content (AvgIpc) is 2.92. The number of aromatic nitrogens is 2. The maximum Gasteiger partial charge on any atom is 0.119 e. The first-order valence-corrected chi connectivity index (χ1v) is 8.09. The highest BCUT2D eigenvalue weighted by atomic mass is 35.5. The van der Waals surface area contributed by atoms with Gasteiger partial charge < -0.3 is 0 Å². The van der Waals surface area contributed by atoms with E-state index in [1.165, 1.54) is 11.5 Å². The number of benzene rings is 2. The molecule has 0 N–H and O–H groups in total. The summed E-state index contributed by atoms with van der Waals surface area (Å²) in [6.45, 7) is 0. The maximum atomic E-state index is 6.04. The fraction of sp³-hybridized carbons (Fsp3) is 0. The third-order valence-electron chi connectivity index (χ3n) is 2.61. The van der Waals surface area contributed by atoms with Gasteiger partial charge in [0.05, 0.1) is 10.0 Å². The molecule has 1 heterocycles. The number of hydrogen-bond acceptors (Lipinski definition) is 4. The number of hydrogen-bond donors (Lipinski definition) is 0. The summed E-state index contributed by atoms with van der Waals surface area (Å²) in [5.41, 5.74) is 1.95. The van der Waals surface area contributed by atoms with Gasteiger partial charge in [-0.05, 0) is 29.7 Å². The third-order valence-corrected chi connectivity index (χ3v) is 5.21. The predicted molar refractivity (Wildman–Crippen MR) is 85.9 cm³/mol. The fourth-order valence-electron chi connectivity index (χ4n) is 1.67. The molecule has 0 unspecified atom stereocenters. The molecule has 0 bridgehead atoms. The minimum atomic E-state index is 0.551. The molecule has 0 radical (unpaired) electrons. The van der Waals surface area contributed by atoms with E-state index in [9.17, 15) is 0 Å². The molecule has 3 rings (SSSR count). The Morgan fingerprint density at radius 2 is 1.75 bits per heavy atom.